The van der Waals surface area contributed by atoms with Crippen LogP contribution in [0, 0.1) is 0 Å². The molecule has 122 valence electrons. The summed E-state index contributed by atoms with van der Waals surface area (Å²) in [5.74, 6) is -0.0355. The first-order chi connectivity index (χ1) is 11.1. The maximum absolute atomic E-state index is 12.5. The van der Waals surface area contributed by atoms with Crippen molar-refractivity contribution in [2.45, 2.75) is 13.8 Å². The second-order valence-electron chi connectivity index (χ2n) is 5.14. The third kappa shape index (κ3) is 4.50. The summed E-state index contributed by atoms with van der Waals surface area (Å²) in [6, 6.07) is 7.12. The fourth-order valence-electron chi connectivity index (χ4n) is 2.30. The number of likely N-dealkylation sites (N-methyl/N-ethyl adjacent to an activating group) is 1. The van der Waals surface area contributed by atoms with E-state index >= 15 is 0 Å². The van der Waals surface area contributed by atoms with Crippen molar-refractivity contribution in [2.75, 3.05) is 26.2 Å². The van der Waals surface area contributed by atoms with Crippen molar-refractivity contribution < 1.29 is 9.59 Å². The average Bonchev–Trinajstić information content (AvgIpc) is 2.83. The SMILES string of the molecule is CCN(CC)CCN1C(=O)C(=Cc2ccc(C=O)cc2)SC1=S. The van der Waals surface area contributed by atoms with Gasteiger partial charge in [-0.2, -0.15) is 0 Å². The molecule has 1 fully saturated rings. The highest BCUT2D eigenvalue weighted by molar-refractivity contribution is 8.26. The van der Waals surface area contributed by atoms with Gasteiger partial charge in [0.2, 0.25) is 0 Å². The van der Waals surface area contributed by atoms with E-state index in [-0.39, 0.29) is 5.91 Å². The number of hydrogen-bond donors (Lipinski definition) is 0. The Bertz CT molecular complexity index is 622. The van der Waals surface area contributed by atoms with Crippen LogP contribution in [0.1, 0.15) is 29.8 Å². The Morgan fingerprint density at radius 2 is 1.78 bits per heavy atom. The Hall–Kier alpha value is -1.50. The van der Waals surface area contributed by atoms with Gasteiger partial charge >= 0.3 is 0 Å². The molecule has 0 spiro atoms. The molecule has 1 saturated heterocycles. The van der Waals surface area contributed by atoms with Gasteiger partial charge in [0.25, 0.3) is 5.91 Å². The van der Waals surface area contributed by atoms with Gasteiger partial charge in [0.05, 0.1) is 4.91 Å². The second kappa shape index (κ2) is 8.38. The molecule has 0 bridgehead atoms. The Morgan fingerprint density at radius 3 is 2.35 bits per heavy atom. The third-order valence-electron chi connectivity index (χ3n) is 3.78. The largest absolute Gasteiger partial charge is 0.302 e. The number of rotatable bonds is 7. The normalized spacial score (nSPS) is 16.7. The minimum absolute atomic E-state index is 0.0355. The van der Waals surface area contributed by atoms with E-state index in [0.717, 1.165) is 31.5 Å². The fraction of sp³-hybridized carbons (Fsp3) is 0.353. The molecule has 4 nitrogen and oxygen atoms in total. The molecule has 0 atom stereocenters. The molecule has 23 heavy (non-hydrogen) atoms. The minimum Gasteiger partial charge on any atom is -0.302 e. The molecule has 1 aliphatic heterocycles. The minimum atomic E-state index is -0.0355. The van der Waals surface area contributed by atoms with E-state index in [0.29, 0.717) is 21.3 Å². The molecule has 1 heterocycles. The molecule has 0 radical (unpaired) electrons. The van der Waals surface area contributed by atoms with E-state index < -0.39 is 0 Å². The summed E-state index contributed by atoms with van der Waals surface area (Å²) in [4.78, 5) is 27.8. The Labute approximate surface area is 146 Å². The van der Waals surface area contributed by atoms with E-state index in [1.807, 2.05) is 18.2 Å². The lowest BCUT2D eigenvalue weighted by Crippen LogP contribution is -2.37. The molecule has 6 heteroatoms. The van der Waals surface area contributed by atoms with Gasteiger partial charge in [-0.1, -0.05) is 62.1 Å². The average molecular weight is 348 g/mol. The zero-order valence-electron chi connectivity index (χ0n) is 13.3. The summed E-state index contributed by atoms with van der Waals surface area (Å²) in [6.45, 7) is 7.58. The molecule has 0 aromatic heterocycles. The van der Waals surface area contributed by atoms with Crippen molar-refractivity contribution in [3.8, 4) is 0 Å². The smallest absolute Gasteiger partial charge is 0.266 e. The van der Waals surface area contributed by atoms with Crippen molar-refractivity contribution in [3.63, 3.8) is 0 Å². The van der Waals surface area contributed by atoms with Crippen molar-refractivity contribution >= 4 is 46.6 Å². The Kier molecular flexibility index (Phi) is 6.50. The van der Waals surface area contributed by atoms with Crippen molar-refractivity contribution in [3.05, 3.63) is 40.3 Å². The number of amides is 1. The van der Waals surface area contributed by atoms with E-state index in [2.05, 4.69) is 18.7 Å². The number of thioether (sulfide) groups is 1. The number of carbonyl (C=O) groups is 2. The molecular formula is C17H20N2O2S2. The number of carbonyl (C=O) groups excluding carboxylic acids is 2. The highest BCUT2D eigenvalue weighted by atomic mass is 32.2. The van der Waals surface area contributed by atoms with Gasteiger partial charge in [0.15, 0.2) is 0 Å². The highest BCUT2D eigenvalue weighted by Crippen LogP contribution is 2.32. The lowest BCUT2D eigenvalue weighted by Gasteiger charge is -2.21. The van der Waals surface area contributed by atoms with Crippen LogP contribution in [0.3, 0.4) is 0 Å². The van der Waals surface area contributed by atoms with Crippen LogP contribution in [0.5, 0.6) is 0 Å². The second-order valence-corrected chi connectivity index (χ2v) is 6.82. The lowest BCUT2D eigenvalue weighted by atomic mass is 10.1. The van der Waals surface area contributed by atoms with Crippen LogP contribution < -0.4 is 0 Å². The van der Waals surface area contributed by atoms with Crippen LogP contribution in [0.2, 0.25) is 0 Å². The first-order valence-electron chi connectivity index (χ1n) is 7.62. The van der Waals surface area contributed by atoms with Gasteiger partial charge in [0, 0.05) is 18.7 Å². The summed E-state index contributed by atoms with van der Waals surface area (Å²) in [5.41, 5.74) is 1.51. The maximum atomic E-state index is 12.5. The molecule has 1 aromatic carbocycles. The van der Waals surface area contributed by atoms with Crippen molar-refractivity contribution in [1.82, 2.24) is 9.80 Å². The quantitative estimate of drug-likeness (QED) is 0.430. The fourth-order valence-corrected chi connectivity index (χ4v) is 3.60. The van der Waals surface area contributed by atoms with Gasteiger partial charge in [-0.3, -0.25) is 14.5 Å². The Balaban J connectivity index is 2.07. The summed E-state index contributed by atoms with van der Waals surface area (Å²) in [6.07, 6.45) is 2.63. The molecule has 0 N–H and O–H groups in total. The van der Waals surface area contributed by atoms with Crippen LogP contribution in [0.4, 0.5) is 0 Å². The van der Waals surface area contributed by atoms with Crippen molar-refractivity contribution in [1.29, 1.82) is 0 Å². The predicted octanol–water partition coefficient (Wildman–Crippen LogP) is 3.04. The third-order valence-corrected chi connectivity index (χ3v) is 5.16. The number of hydrogen-bond acceptors (Lipinski definition) is 5. The first-order valence-corrected chi connectivity index (χ1v) is 8.84. The van der Waals surface area contributed by atoms with Crippen LogP contribution in [-0.2, 0) is 4.79 Å². The monoisotopic (exact) mass is 348 g/mol. The molecule has 1 aliphatic rings. The number of thiocarbonyl (C=S) groups is 1. The summed E-state index contributed by atoms with van der Waals surface area (Å²) < 4.78 is 0.609. The number of nitrogens with zero attached hydrogens (tertiary/aromatic N) is 2. The number of aldehydes is 1. The van der Waals surface area contributed by atoms with Gasteiger partial charge in [-0.05, 0) is 24.7 Å². The van der Waals surface area contributed by atoms with E-state index in [4.69, 9.17) is 12.2 Å². The molecule has 1 aromatic rings. The molecule has 1 amide bonds. The van der Waals surface area contributed by atoms with Crippen LogP contribution >= 0.6 is 24.0 Å². The zero-order chi connectivity index (χ0) is 16.8. The predicted molar refractivity (Wildman–Crippen MR) is 99.5 cm³/mol. The molecule has 0 aliphatic carbocycles. The molecule has 0 unspecified atom stereocenters. The van der Waals surface area contributed by atoms with Gasteiger partial charge < -0.3 is 4.90 Å². The topological polar surface area (TPSA) is 40.6 Å². The van der Waals surface area contributed by atoms with Gasteiger partial charge in [-0.15, -0.1) is 0 Å². The number of benzene rings is 1. The van der Waals surface area contributed by atoms with E-state index in [9.17, 15) is 9.59 Å². The summed E-state index contributed by atoms with van der Waals surface area (Å²) >= 11 is 6.67. The standard InChI is InChI=1S/C17H20N2O2S2/c1-3-18(4-2)9-10-19-16(21)15(23-17(19)22)11-13-5-7-14(12-20)8-6-13/h5-8,11-12H,3-4,9-10H2,1-2H3. The van der Waals surface area contributed by atoms with Crippen molar-refractivity contribution in [2.24, 2.45) is 0 Å². The van der Waals surface area contributed by atoms with Crippen LogP contribution in [0.15, 0.2) is 29.2 Å². The van der Waals surface area contributed by atoms with Crippen LogP contribution in [-0.4, -0.2) is 52.5 Å². The van der Waals surface area contributed by atoms with Gasteiger partial charge in [-0.25, -0.2) is 0 Å². The van der Waals surface area contributed by atoms with Gasteiger partial charge in [0.1, 0.15) is 10.6 Å². The Morgan fingerprint density at radius 1 is 1.17 bits per heavy atom. The van der Waals surface area contributed by atoms with Crippen LogP contribution in [0.25, 0.3) is 6.08 Å². The summed E-state index contributed by atoms with van der Waals surface area (Å²) in [7, 11) is 0. The first kappa shape index (κ1) is 17.8. The van der Waals surface area contributed by atoms with E-state index in [1.165, 1.54) is 11.8 Å². The van der Waals surface area contributed by atoms with E-state index in [1.54, 1.807) is 17.0 Å². The zero-order valence-corrected chi connectivity index (χ0v) is 15.0. The maximum Gasteiger partial charge on any atom is 0.266 e. The highest BCUT2D eigenvalue weighted by Gasteiger charge is 2.31. The molecular weight excluding hydrogens is 328 g/mol. The molecule has 0 saturated carbocycles. The molecule has 2 rings (SSSR count). The summed E-state index contributed by atoms with van der Waals surface area (Å²) in [5, 5.41) is 0. The lowest BCUT2D eigenvalue weighted by molar-refractivity contribution is -0.122.